The van der Waals surface area contributed by atoms with Crippen molar-refractivity contribution in [1.82, 2.24) is 4.31 Å². The third kappa shape index (κ3) is 4.22. The zero-order valence-corrected chi connectivity index (χ0v) is 17.3. The molecule has 1 aromatic rings. The lowest BCUT2D eigenvalue weighted by Gasteiger charge is -2.30. The molecule has 0 unspecified atom stereocenters. The first-order valence-corrected chi connectivity index (χ1v) is 11.5. The summed E-state index contributed by atoms with van der Waals surface area (Å²) in [5.41, 5.74) is 1.02. The highest BCUT2D eigenvalue weighted by molar-refractivity contribution is 7.89. The Kier molecular flexibility index (Phi) is 6.09. The summed E-state index contributed by atoms with van der Waals surface area (Å²) in [6.45, 7) is 4.48. The molecule has 3 rings (SSSR count). The predicted molar refractivity (Wildman–Crippen MR) is 106 cm³/mol. The Labute approximate surface area is 166 Å². The van der Waals surface area contributed by atoms with E-state index in [1.807, 2.05) is 12.1 Å². The second-order valence-electron chi connectivity index (χ2n) is 7.47. The van der Waals surface area contributed by atoms with Crippen molar-refractivity contribution in [3.63, 3.8) is 0 Å². The van der Waals surface area contributed by atoms with Gasteiger partial charge in [-0.15, -0.1) is 0 Å². The van der Waals surface area contributed by atoms with E-state index in [1.54, 1.807) is 26.0 Å². The molecule has 2 fully saturated rings. The number of ether oxygens (including phenoxy) is 1. The van der Waals surface area contributed by atoms with Crippen LogP contribution in [0.3, 0.4) is 0 Å². The van der Waals surface area contributed by atoms with Crippen LogP contribution in [0, 0.1) is 5.92 Å². The first-order valence-electron chi connectivity index (χ1n) is 9.89. The largest absolute Gasteiger partial charge is 0.465 e. The molecule has 1 atom stereocenters. The smallest absolute Gasteiger partial charge is 0.316 e. The minimum Gasteiger partial charge on any atom is -0.465 e. The van der Waals surface area contributed by atoms with Gasteiger partial charge in [-0.2, -0.15) is 0 Å². The van der Waals surface area contributed by atoms with Gasteiger partial charge in [0, 0.05) is 18.8 Å². The van der Waals surface area contributed by atoms with Crippen LogP contribution in [-0.2, 0) is 29.8 Å². The van der Waals surface area contributed by atoms with Crippen LogP contribution in [0.2, 0.25) is 0 Å². The van der Waals surface area contributed by atoms with E-state index in [0.717, 1.165) is 18.4 Å². The summed E-state index contributed by atoms with van der Waals surface area (Å²) < 4.78 is 30.8. The molecule has 1 heterocycles. The van der Waals surface area contributed by atoms with Crippen LogP contribution in [0.15, 0.2) is 24.3 Å². The number of anilines is 1. The molecule has 28 heavy (non-hydrogen) atoms. The van der Waals surface area contributed by atoms with Crippen LogP contribution in [0.4, 0.5) is 5.69 Å². The Hall–Kier alpha value is -1.93. The molecule has 0 radical (unpaired) electrons. The van der Waals surface area contributed by atoms with Gasteiger partial charge in [-0.3, -0.25) is 9.59 Å². The first kappa shape index (κ1) is 20.8. The van der Waals surface area contributed by atoms with Crippen molar-refractivity contribution in [2.45, 2.75) is 44.9 Å². The maximum Gasteiger partial charge on any atom is 0.316 e. The highest BCUT2D eigenvalue weighted by Gasteiger charge is 2.52. The lowest BCUT2D eigenvalue weighted by Crippen LogP contribution is -2.44. The molecule has 1 aliphatic carbocycles. The molecular formula is C20H28N2O5S. The van der Waals surface area contributed by atoms with Gasteiger partial charge in [0.2, 0.25) is 15.9 Å². The van der Waals surface area contributed by atoms with E-state index in [1.165, 1.54) is 4.31 Å². The topological polar surface area (TPSA) is 92.8 Å². The molecule has 154 valence electrons. The summed E-state index contributed by atoms with van der Waals surface area (Å²) in [5, 5.41) is 2.88. The van der Waals surface area contributed by atoms with Gasteiger partial charge in [-0.25, -0.2) is 12.7 Å². The molecule has 2 aliphatic rings. The molecule has 1 aromatic carbocycles. The van der Waals surface area contributed by atoms with Crippen LogP contribution in [0.5, 0.6) is 0 Å². The maximum absolute atomic E-state index is 12.6. The minimum absolute atomic E-state index is 0.0466. The van der Waals surface area contributed by atoms with E-state index in [9.17, 15) is 18.0 Å². The van der Waals surface area contributed by atoms with Crippen molar-refractivity contribution in [3.8, 4) is 0 Å². The number of carbonyl (C=O) groups excluding carboxylic acids is 2. The third-order valence-corrected chi connectivity index (χ3v) is 7.48. The van der Waals surface area contributed by atoms with Gasteiger partial charge in [0.05, 0.1) is 23.7 Å². The van der Waals surface area contributed by atoms with Gasteiger partial charge in [0.15, 0.2) is 0 Å². The molecule has 1 amide bonds. The molecule has 1 aliphatic heterocycles. The van der Waals surface area contributed by atoms with Crippen LogP contribution in [-0.4, -0.2) is 50.0 Å². The number of piperidine rings is 1. The van der Waals surface area contributed by atoms with E-state index in [4.69, 9.17) is 4.74 Å². The zero-order valence-electron chi connectivity index (χ0n) is 16.4. The molecular weight excluding hydrogens is 380 g/mol. The van der Waals surface area contributed by atoms with E-state index < -0.39 is 15.4 Å². The average Bonchev–Trinajstić information content (AvgIpc) is 3.51. The van der Waals surface area contributed by atoms with Crippen molar-refractivity contribution in [2.24, 2.45) is 5.92 Å². The number of rotatable bonds is 7. The Morgan fingerprint density at radius 3 is 2.46 bits per heavy atom. The molecule has 7 nitrogen and oxygen atoms in total. The lowest BCUT2D eigenvalue weighted by atomic mass is 9.95. The monoisotopic (exact) mass is 408 g/mol. The highest BCUT2D eigenvalue weighted by Crippen LogP contribution is 2.49. The highest BCUT2D eigenvalue weighted by atomic mass is 32.2. The molecule has 1 N–H and O–H groups in total. The van der Waals surface area contributed by atoms with Gasteiger partial charge in [0.25, 0.3) is 0 Å². The van der Waals surface area contributed by atoms with Crippen molar-refractivity contribution < 1.29 is 22.7 Å². The molecule has 0 aromatic heterocycles. The summed E-state index contributed by atoms with van der Waals surface area (Å²) in [6.07, 6.45) is 2.91. The summed E-state index contributed by atoms with van der Waals surface area (Å²) in [4.78, 5) is 24.8. The van der Waals surface area contributed by atoms with E-state index in [-0.39, 0.29) is 30.1 Å². The minimum atomic E-state index is -3.28. The van der Waals surface area contributed by atoms with Crippen molar-refractivity contribution in [3.05, 3.63) is 29.8 Å². The third-order valence-electron chi connectivity index (χ3n) is 5.63. The fraction of sp³-hybridized carbons (Fsp3) is 0.600. The number of nitrogens with zero attached hydrogens (tertiary/aromatic N) is 1. The quantitative estimate of drug-likeness (QED) is 0.699. The Balaban J connectivity index is 1.63. The summed E-state index contributed by atoms with van der Waals surface area (Å²) >= 11 is 0. The second-order valence-corrected chi connectivity index (χ2v) is 9.72. The second kappa shape index (κ2) is 8.21. The van der Waals surface area contributed by atoms with Crippen molar-refractivity contribution in [1.29, 1.82) is 0 Å². The van der Waals surface area contributed by atoms with E-state index >= 15 is 0 Å². The van der Waals surface area contributed by atoms with Gasteiger partial charge < -0.3 is 10.1 Å². The lowest BCUT2D eigenvalue weighted by molar-refractivity contribution is -0.146. The summed E-state index contributed by atoms with van der Waals surface area (Å²) in [7, 11) is -3.28. The van der Waals surface area contributed by atoms with Crippen molar-refractivity contribution >= 4 is 27.6 Å². The predicted octanol–water partition coefficient (Wildman–Crippen LogP) is 2.28. The summed E-state index contributed by atoms with van der Waals surface area (Å²) in [6, 6.07) is 7.29. The number of hydrogen-bond donors (Lipinski definition) is 1. The van der Waals surface area contributed by atoms with Gasteiger partial charge in [-0.05, 0) is 57.2 Å². The number of nitrogens with one attached hydrogen (secondary N) is 1. The Bertz CT molecular complexity index is 831. The maximum atomic E-state index is 12.6. The fourth-order valence-corrected chi connectivity index (χ4v) is 4.89. The van der Waals surface area contributed by atoms with Gasteiger partial charge in [-0.1, -0.05) is 12.1 Å². The summed E-state index contributed by atoms with van der Waals surface area (Å²) in [5.74, 6) is -0.670. The number of benzene rings is 1. The number of esters is 1. The van der Waals surface area contributed by atoms with E-state index in [2.05, 4.69) is 5.32 Å². The Morgan fingerprint density at radius 1 is 1.21 bits per heavy atom. The molecule has 0 bridgehead atoms. The van der Waals surface area contributed by atoms with Gasteiger partial charge >= 0.3 is 5.97 Å². The molecule has 0 spiro atoms. The van der Waals surface area contributed by atoms with Crippen LogP contribution in [0.1, 0.15) is 45.1 Å². The van der Waals surface area contributed by atoms with Crippen LogP contribution in [0.25, 0.3) is 0 Å². The Morgan fingerprint density at radius 2 is 1.89 bits per heavy atom. The number of carbonyl (C=O) groups is 2. The number of amides is 1. The van der Waals surface area contributed by atoms with Gasteiger partial charge in [0.1, 0.15) is 0 Å². The van der Waals surface area contributed by atoms with Crippen molar-refractivity contribution in [2.75, 3.05) is 30.8 Å². The molecule has 8 heteroatoms. The average molecular weight is 409 g/mol. The normalized spacial score (nSPS) is 21.7. The van der Waals surface area contributed by atoms with Crippen LogP contribution < -0.4 is 5.32 Å². The fourth-order valence-electron chi connectivity index (χ4n) is 3.71. The SMILES string of the molecule is CCOC(=O)C1(c2ccc(NC(=O)[C@@H]3CCCN(S(=O)(=O)CC)C3)cc2)CC1. The number of hydrogen-bond acceptors (Lipinski definition) is 5. The number of sulfonamides is 1. The zero-order chi connectivity index (χ0) is 20.4. The molecule has 1 saturated carbocycles. The van der Waals surface area contributed by atoms with E-state index in [0.29, 0.717) is 31.7 Å². The van der Waals surface area contributed by atoms with Crippen LogP contribution >= 0.6 is 0 Å². The first-order chi connectivity index (χ1) is 13.3. The standard InChI is InChI=1S/C20H28N2O5S/c1-3-27-19(24)20(11-12-20)16-7-9-17(10-8-16)21-18(23)15-6-5-13-22(14-15)28(25,26)4-2/h7-10,15H,3-6,11-14H2,1-2H3,(H,21,23)/t15-/m1/s1. The molecule has 1 saturated heterocycles.